The number of aliphatic hydroxyl groups excluding tert-OH is 1. The van der Waals surface area contributed by atoms with Gasteiger partial charge < -0.3 is 14.7 Å². The summed E-state index contributed by atoms with van der Waals surface area (Å²) < 4.78 is 6.06. The van der Waals surface area contributed by atoms with Crippen LogP contribution >= 0.6 is 0 Å². The van der Waals surface area contributed by atoms with Crippen LogP contribution in [0.1, 0.15) is 17.4 Å². The predicted octanol–water partition coefficient (Wildman–Crippen LogP) is -0.657. The van der Waals surface area contributed by atoms with Gasteiger partial charge in [-0.15, -0.1) is 0 Å². The molecular weight excluding hydrogens is 250 g/mol. The van der Waals surface area contributed by atoms with Crippen LogP contribution < -0.4 is 5.56 Å². The molecule has 1 rings (SSSR count). The number of rotatable bonds is 6. The van der Waals surface area contributed by atoms with Gasteiger partial charge in [-0.2, -0.15) is 5.10 Å². The molecule has 0 bridgehead atoms. The number of aromatic nitrogens is 2. The number of ether oxygens (including phenoxy) is 1. The molecular formula is C12H19N3O4. The summed E-state index contributed by atoms with van der Waals surface area (Å²) >= 11 is 0. The first-order valence-corrected chi connectivity index (χ1v) is 5.96. The molecule has 1 N–H and O–H groups in total. The Balaban J connectivity index is 2.95. The Labute approximate surface area is 111 Å². The Kier molecular flexibility index (Phi) is 5.65. The number of hydrogen-bond acceptors (Lipinski definition) is 5. The van der Waals surface area contributed by atoms with E-state index in [1.54, 1.807) is 14.0 Å². The maximum absolute atomic E-state index is 12.1. The normalized spacial score (nSPS) is 12.2. The highest BCUT2D eigenvalue weighted by Gasteiger charge is 2.18. The molecule has 7 heteroatoms. The molecule has 0 aliphatic rings. The Morgan fingerprint density at radius 2 is 2.26 bits per heavy atom. The number of likely N-dealkylation sites (N-methyl/N-ethyl adjacent to an activating group) is 1. The predicted molar refractivity (Wildman–Crippen MR) is 69.0 cm³/mol. The minimum Gasteiger partial charge on any atom is -0.394 e. The van der Waals surface area contributed by atoms with E-state index in [4.69, 9.17) is 9.84 Å². The van der Waals surface area contributed by atoms with Gasteiger partial charge in [-0.05, 0) is 13.0 Å². The molecule has 0 aliphatic heterocycles. The average Bonchev–Trinajstić information content (AvgIpc) is 2.44. The van der Waals surface area contributed by atoms with Crippen molar-refractivity contribution in [2.75, 3.05) is 27.4 Å². The van der Waals surface area contributed by atoms with Crippen molar-refractivity contribution < 1.29 is 14.6 Å². The van der Waals surface area contributed by atoms with E-state index in [2.05, 4.69) is 5.10 Å². The summed E-state index contributed by atoms with van der Waals surface area (Å²) in [6.07, 6.45) is 0. The lowest BCUT2D eigenvalue weighted by Gasteiger charge is -2.22. The van der Waals surface area contributed by atoms with Gasteiger partial charge in [0.05, 0.1) is 25.8 Å². The summed E-state index contributed by atoms with van der Waals surface area (Å²) in [5.41, 5.74) is -0.120. The second kappa shape index (κ2) is 7.01. The highest BCUT2D eigenvalue weighted by atomic mass is 16.5. The molecule has 1 aromatic rings. The van der Waals surface area contributed by atoms with E-state index >= 15 is 0 Å². The molecule has 0 saturated heterocycles. The standard InChI is InChI=1S/C12H19N3O4/c1-9(8-16)14(2)12(18)10-4-5-11(17)15(13-10)6-7-19-3/h4-5,9,16H,6-8H2,1-3H3. The van der Waals surface area contributed by atoms with Crippen molar-refractivity contribution in [2.24, 2.45) is 0 Å². The van der Waals surface area contributed by atoms with Crippen LogP contribution in [-0.2, 0) is 11.3 Å². The van der Waals surface area contributed by atoms with Gasteiger partial charge in [-0.25, -0.2) is 4.68 Å². The number of methoxy groups -OCH3 is 1. The number of carbonyl (C=O) groups is 1. The molecule has 1 atom stereocenters. The molecule has 0 fully saturated rings. The number of hydrogen-bond donors (Lipinski definition) is 1. The van der Waals surface area contributed by atoms with Gasteiger partial charge in [0.2, 0.25) is 0 Å². The van der Waals surface area contributed by atoms with Crippen molar-refractivity contribution in [2.45, 2.75) is 19.5 Å². The second-order valence-electron chi connectivity index (χ2n) is 4.22. The van der Waals surface area contributed by atoms with Gasteiger partial charge in [0.15, 0.2) is 0 Å². The first-order valence-electron chi connectivity index (χ1n) is 5.96. The Hall–Kier alpha value is -1.73. The van der Waals surface area contributed by atoms with Crippen LogP contribution in [0.3, 0.4) is 0 Å². The van der Waals surface area contributed by atoms with Gasteiger partial charge in [0.1, 0.15) is 5.69 Å². The van der Waals surface area contributed by atoms with Crippen LogP contribution in [0.15, 0.2) is 16.9 Å². The van der Waals surface area contributed by atoms with Crippen molar-refractivity contribution in [1.82, 2.24) is 14.7 Å². The fourth-order valence-corrected chi connectivity index (χ4v) is 1.40. The number of nitrogens with zero attached hydrogens (tertiary/aromatic N) is 3. The monoisotopic (exact) mass is 269 g/mol. The Morgan fingerprint density at radius 3 is 2.84 bits per heavy atom. The molecule has 1 aromatic heterocycles. The summed E-state index contributed by atoms with van der Waals surface area (Å²) in [5.74, 6) is -0.340. The molecule has 1 amide bonds. The highest BCUT2D eigenvalue weighted by Crippen LogP contribution is 2.02. The molecule has 106 valence electrons. The van der Waals surface area contributed by atoms with E-state index in [0.29, 0.717) is 6.61 Å². The van der Waals surface area contributed by atoms with Crippen LogP contribution in [0, 0.1) is 0 Å². The summed E-state index contributed by atoms with van der Waals surface area (Å²) in [5, 5.41) is 13.0. The van der Waals surface area contributed by atoms with Crippen LogP contribution in [-0.4, -0.2) is 59.1 Å². The maximum Gasteiger partial charge on any atom is 0.274 e. The smallest absolute Gasteiger partial charge is 0.274 e. The van der Waals surface area contributed by atoms with Crippen molar-refractivity contribution in [3.63, 3.8) is 0 Å². The zero-order valence-corrected chi connectivity index (χ0v) is 11.4. The fraction of sp³-hybridized carbons (Fsp3) is 0.583. The van der Waals surface area contributed by atoms with Crippen LogP contribution in [0.2, 0.25) is 0 Å². The minimum atomic E-state index is -0.340. The second-order valence-corrected chi connectivity index (χ2v) is 4.22. The summed E-state index contributed by atoms with van der Waals surface area (Å²) in [4.78, 5) is 25.0. The topological polar surface area (TPSA) is 84.7 Å². The molecule has 0 spiro atoms. The fourth-order valence-electron chi connectivity index (χ4n) is 1.40. The van der Waals surface area contributed by atoms with Crippen molar-refractivity contribution in [3.8, 4) is 0 Å². The van der Waals surface area contributed by atoms with Crippen LogP contribution in [0.4, 0.5) is 0 Å². The summed E-state index contributed by atoms with van der Waals surface area (Å²) in [6, 6.07) is 2.37. The minimum absolute atomic E-state index is 0.133. The molecule has 0 aliphatic carbocycles. The van der Waals surface area contributed by atoms with Crippen molar-refractivity contribution in [1.29, 1.82) is 0 Å². The third-order valence-electron chi connectivity index (χ3n) is 2.84. The molecule has 19 heavy (non-hydrogen) atoms. The van der Waals surface area contributed by atoms with E-state index in [-0.39, 0.29) is 36.4 Å². The zero-order valence-electron chi connectivity index (χ0n) is 11.4. The first kappa shape index (κ1) is 15.3. The number of carbonyl (C=O) groups excluding carboxylic acids is 1. The molecule has 0 saturated carbocycles. The lowest BCUT2D eigenvalue weighted by molar-refractivity contribution is 0.0672. The van der Waals surface area contributed by atoms with Crippen LogP contribution in [0.5, 0.6) is 0 Å². The van der Waals surface area contributed by atoms with E-state index in [1.165, 1.54) is 28.8 Å². The molecule has 1 heterocycles. The number of aliphatic hydroxyl groups is 1. The first-order chi connectivity index (χ1) is 9.01. The van der Waals surface area contributed by atoms with Crippen molar-refractivity contribution in [3.05, 3.63) is 28.2 Å². The average molecular weight is 269 g/mol. The van der Waals surface area contributed by atoms with Gasteiger partial charge >= 0.3 is 0 Å². The van der Waals surface area contributed by atoms with E-state index < -0.39 is 0 Å². The van der Waals surface area contributed by atoms with Gasteiger partial charge in [-0.3, -0.25) is 9.59 Å². The van der Waals surface area contributed by atoms with E-state index in [1.807, 2.05) is 0 Å². The van der Waals surface area contributed by atoms with Crippen LogP contribution in [0.25, 0.3) is 0 Å². The van der Waals surface area contributed by atoms with Gasteiger partial charge in [0.25, 0.3) is 11.5 Å². The van der Waals surface area contributed by atoms with Gasteiger partial charge in [0, 0.05) is 20.2 Å². The maximum atomic E-state index is 12.1. The lowest BCUT2D eigenvalue weighted by atomic mass is 10.2. The van der Waals surface area contributed by atoms with Crippen molar-refractivity contribution >= 4 is 5.91 Å². The molecule has 7 nitrogen and oxygen atoms in total. The Bertz CT molecular complexity index is 486. The lowest BCUT2D eigenvalue weighted by Crippen LogP contribution is -2.39. The molecule has 0 radical (unpaired) electrons. The van der Waals surface area contributed by atoms with E-state index in [0.717, 1.165) is 0 Å². The highest BCUT2D eigenvalue weighted by molar-refractivity contribution is 5.92. The molecule has 0 aromatic carbocycles. The third-order valence-corrected chi connectivity index (χ3v) is 2.84. The summed E-state index contributed by atoms with van der Waals surface area (Å²) in [6.45, 7) is 2.22. The zero-order chi connectivity index (χ0) is 14.4. The van der Waals surface area contributed by atoms with E-state index in [9.17, 15) is 9.59 Å². The largest absolute Gasteiger partial charge is 0.394 e. The molecule has 1 unspecified atom stereocenters. The quantitative estimate of drug-likeness (QED) is 0.741. The summed E-state index contributed by atoms with van der Waals surface area (Å²) in [7, 11) is 3.10. The SMILES string of the molecule is COCCn1nc(C(=O)N(C)C(C)CO)ccc1=O. The third kappa shape index (κ3) is 3.87. The van der Waals surface area contributed by atoms with Gasteiger partial charge in [-0.1, -0.05) is 0 Å². The number of amides is 1. The Morgan fingerprint density at radius 1 is 1.58 bits per heavy atom.